The number of fused-ring (bicyclic) bond motifs is 1. The average Bonchev–Trinajstić information content (AvgIpc) is 2.60. The first-order valence-electron chi connectivity index (χ1n) is 5.01. The lowest BCUT2D eigenvalue weighted by molar-refractivity contribution is 0.967. The molecule has 2 heterocycles. The fraction of sp³-hybridized carbons (Fsp3) is 0.364. The average molecular weight is 189 g/mol. The molecule has 3 nitrogen and oxygen atoms in total. The summed E-state index contributed by atoms with van der Waals surface area (Å²) in [7, 11) is 0. The molecule has 2 aromatic heterocycles. The van der Waals surface area contributed by atoms with Gasteiger partial charge in [0.15, 0.2) is 0 Å². The van der Waals surface area contributed by atoms with Gasteiger partial charge in [-0.15, -0.1) is 0 Å². The monoisotopic (exact) mass is 189 g/mol. The highest BCUT2D eigenvalue weighted by atomic mass is 15.1. The zero-order valence-corrected chi connectivity index (χ0v) is 8.62. The van der Waals surface area contributed by atoms with Gasteiger partial charge >= 0.3 is 0 Å². The normalized spacial score (nSPS) is 11.0. The Bertz CT molecular complexity index is 457. The molecule has 2 N–H and O–H groups in total. The summed E-state index contributed by atoms with van der Waals surface area (Å²) in [6, 6.07) is 4.27. The van der Waals surface area contributed by atoms with E-state index >= 15 is 0 Å². The first-order valence-corrected chi connectivity index (χ1v) is 5.01. The Morgan fingerprint density at radius 2 is 2.07 bits per heavy atom. The number of anilines is 1. The van der Waals surface area contributed by atoms with Crippen LogP contribution in [0.2, 0.25) is 0 Å². The van der Waals surface area contributed by atoms with E-state index in [4.69, 9.17) is 5.73 Å². The molecule has 0 atom stereocenters. The summed E-state index contributed by atoms with van der Waals surface area (Å²) in [4.78, 5) is 4.34. The van der Waals surface area contributed by atoms with E-state index in [1.165, 1.54) is 11.3 Å². The summed E-state index contributed by atoms with van der Waals surface area (Å²) in [5.41, 5.74) is 9.34. The van der Waals surface area contributed by atoms with Gasteiger partial charge in [-0.1, -0.05) is 19.9 Å². The van der Waals surface area contributed by atoms with Gasteiger partial charge in [0, 0.05) is 5.69 Å². The van der Waals surface area contributed by atoms with E-state index in [1.54, 1.807) is 6.20 Å². The van der Waals surface area contributed by atoms with Crippen LogP contribution in [0.5, 0.6) is 0 Å². The molecule has 0 aliphatic heterocycles. The Morgan fingerprint density at radius 1 is 1.29 bits per heavy atom. The summed E-state index contributed by atoms with van der Waals surface area (Å²) in [5, 5.41) is 0. The van der Waals surface area contributed by atoms with Crippen molar-refractivity contribution in [2.75, 3.05) is 5.73 Å². The van der Waals surface area contributed by atoms with Crippen molar-refractivity contribution in [3.05, 3.63) is 29.6 Å². The number of nitrogens with zero attached hydrogens (tertiary/aromatic N) is 2. The summed E-state index contributed by atoms with van der Waals surface area (Å²) >= 11 is 0. The first kappa shape index (κ1) is 9.06. The van der Waals surface area contributed by atoms with Gasteiger partial charge in [0.1, 0.15) is 11.5 Å². The van der Waals surface area contributed by atoms with Gasteiger partial charge in [0.05, 0.1) is 6.20 Å². The van der Waals surface area contributed by atoms with Crippen LogP contribution in [0.25, 0.3) is 5.65 Å². The van der Waals surface area contributed by atoms with Crippen molar-refractivity contribution in [3.8, 4) is 0 Å². The molecular weight excluding hydrogens is 174 g/mol. The van der Waals surface area contributed by atoms with E-state index in [0.29, 0.717) is 0 Å². The zero-order valence-electron chi connectivity index (χ0n) is 8.62. The number of pyridine rings is 1. The van der Waals surface area contributed by atoms with Crippen molar-refractivity contribution in [1.82, 2.24) is 9.38 Å². The molecule has 2 rings (SSSR count). The zero-order chi connectivity index (χ0) is 10.1. The maximum Gasteiger partial charge on any atom is 0.141 e. The summed E-state index contributed by atoms with van der Waals surface area (Å²) in [6.45, 7) is 4.26. The van der Waals surface area contributed by atoms with Crippen LogP contribution in [0.1, 0.15) is 25.1 Å². The van der Waals surface area contributed by atoms with Crippen LogP contribution in [0.15, 0.2) is 18.3 Å². The Labute approximate surface area is 83.6 Å². The predicted octanol–water partition coefficient (Wildman–Crippen LogP) is 2.04. The van der Waals surface area contributed by atoms with Crippen LogP contribution in [-0.4, -0.2) is 9.38 Å². The molecule has 14 heavy (non-hydrogen) atoms. The Balaban J connectivity index is 2.81. The quantitative estimate of drug-likeness (QED) is 0.785. The second-order valence-electron chi connectivity index (χ2n) is 3.40. The van der Waals surface area contributed by atoms with Crippen LogP contribution in [0.4, 0.5) is 5.82 Å². The number of nitrogen functional groups attached to an aromatic ring is 1. The van der Waals surface area contributed by atoms with Crippen LogP contribution < -0.4 is 5.73 Å². The molecule has 0 saturated carbocycles. The molecule has 0 bridgehead atoms. The van der Waals surface area contributed by atoms with E-state index in [-0.39, 0.29) is 0 Å². The number of aryl methyl sites for hydroxylation is 2. The van der Waals surface area contributed by atoms with Gasteiger partial charge in [0.2, 0.25) is 0 Å². The lowest BCUT2D eigenvalue weighted by Crippen LogP contribution is -2.01. The van der Waals surface area contributed by atoms with Gasteiger partial charge < -0.3 is 5.73 Å². The first-order chi connectivity index (χ1) is 6.77. The Morgan fingerprint density at radius 3 is 2.71 bits per heavy atom. The second-order valence-corrected chi connectivity index (χ2v) is 3.40. The number of aromatic nitrogens is 2. The SMILES string of the molecule is CCc1ccc(CC)n2c(N)cnc12. The minimum atomic E-state index is 0.729. The van der Waals surface area contributed by atoms with Crippen molar-refractivity contribution in [2.24, 2.45) is 0 Å². The van der Waals surface area contributed by atoms with E-state index < -0.39 is 0 Å². The lowest BCUT2D eigenvalue weighted by atomic mass is 10.2. The van der Waals surface area contributed by atoms with E-state index in [2.05, 4.69) is 31.0 Å². The smallest absolute Gasteiger partial charge is 0.141 e. The Hall–Kier alpha value is -1.51. The second kappa shape index (κ2) is 3.33. The topological polar surface area (TPSA) is 43.3 Å². The molecule has 0 aliphatic rings. The van der Waals surface area contributed by atoms with Crippen molar-refractivity contribution in [2.45, 2.75) is 26.7 Å². The standard InChI is InChI=1S/C11H15N3/c1-3-8-5-6-9(4-2)14-10(12)7-13-11(8)14/h5-7H,3-4,12H2,1-2H3. The van der Waals surface area contributed by atoms with Crippen LogP contribution in [-0.2, 0) is 12.8 Å². The van der Waals surface area contributed by atoms with Gasteiger partial charge in [-0.3, -0.25) is 4.40 Å². The lowest BCUT2D eigenvalue weighted by Gasteiger charge is -2.07. The predicted molar refractivity (Wildman–Crippen MR) is 58.4 cm³/mol. The van der Waals surface area contributed by atoms with Gasteiger partial charge in [-0.25, -0.2) is 4.98 Å². The third-order valence-corrected chi connectivity index (χ3v) is 2.58. The largest absolute Gasteiger partial charge is 0.383 e. The van der Waals surface area contributed by atoms with Gasteiger partial charge in [-0.2, -0.15) is 0 Å². The minimum absolute atomic E-state index is 0.729. The van der Waals surface area contributed by atoms with Crippen molar-refractivity contribution in [3.63, 3.8) is 0 Å². The summed E-state index contributed by atoms with van der Waals surface area (Å²) in [5.74, 6) is 0.729. The molecule has 2 aromatic rings. The highest BCUT2D eigenvalue weighted by molar-refractivity contribution is 5.55. The molecule has 0 spiro atoms. The fourth-order valence-electron chi connectivity index (χ4n) is 1.79. The van der Waals surface area contributed by atoms with Gasteiger partial charge in [-0.05, 0) is 24.5 Å². The third-order valence-electron chi connectivity index (χ3n) is 2.58. The third kappa shape index (κ3) is 1.16. The van der Waals surface area contributed by atoms with Crippen LogP contribution in [0.3, 0.4) is 0 Å². The van der Waals surface area contributed by atoms with Gasteiger partial charge in [0.25, 0.3) is 0 Å². The highest BCUT2D eigenvalue weighted by Crippen LogP contribution is 2.17. The summed E-state index contributed by atoms with van der Waals surface area (Å²) in [6.07, 6.45) is 3.69. The molecule has 0 saturated heterocycles. The molecule has 0 aliphatic carbocycles. The number of hydrogen-bond acceptors (Lipinski definition) is 2. The number of rotatable bonds is 2. The molecule has 0 fully saturated rings. The van der Waals surface area contributed by atoms with Crippen LogP contribution in [0, 0.1) is 0 Å². The van der Waals surface area contributed by atoms with Crippen molar-refractivity contribution < 1.29 is 0 Å². The number of hydrogen-bond donors (Lipinski definition) is 1. The Kier molecular flexibility index (Phi) is 2.15. The molecule has 0 aromatic carbocycles. The highest BCUT2D eigenvalue weighted by Gasteiger charge is 2.07. The number of imidazole rings is 1. The molecule has 3 heteroatoms. The molecule has 0 amide bonds. The summed E-state index contributed by atoms with van der Waals surface area (Å²) < 4.78 is 2.04. The van der Waals surface area contributed by atoms with Crippen molar-refractivity contribution >= 4 is 11.5 Å². The van der Waals surface area contributed by atoms with Crippen LogP contribution >= 0.6 is 0 Å². The molecule has 0 unspecified atom stereocenters. The molecular formula is C11H15N3. The number of nitrogens with two attached hydrogens (primary N) is 1. The molecule has 74 valence electrons. The minimum Gasteiger partial charge on any atom is -0.383 e. The van der Waals surface area contributed by atoms with Crippen molar-refractivity contribution in [1.29, 1.82) is 0 Å². The van der Waals surface area contributed by atoms with E-state index in [1.807, 2.05) is 4.40 Å². The van der Waals surface area contributed by atoms with E-state index in [0.717, 1.165) is 24.3 Å². The molecule has 0 radical (unpaired) electrons. The maximum atomic E-state index is 5.88. The maximum absolute atomic E-state index is 5.88. The fourth-order valence-corrected chi connectivity index (χ4v) is 1.79. The van der Waals surface area contributed by atoms with E-state index in [9.17, 15) is 0 Å².